The van der Waals surface area contributed by atoms with E-state index < -0.39 is 0 Å². The second-order valence-corrected chi connectivity index (χ2v) is 8.64. The van der Waals surface area contributed by atoms with Gasteiger partial charge in [-0.3, -0.25) is 9.36 Å². The van der Waals surface area contributed by atoms with Crippen LogP contribution in [0.5, 0.6) is 0 Å². The molecule has 27 heavy (non-hydrogen) atoms. The number of rotatable bonds is 4. The normalized spacial score (nSPS) is 22.8. The van der Waals surface area contributed by atoms with E-state index in [0.29, 0.717) is 11.8 Å². The Morgan fingerprint density at radius 2 is 1.78 bits per heavy atom. The fourth-order valence-electron chi connectivity index (χ4n) is 4.16. The van der Waals surface area contributed by atoms with Gasteiger partial charge in [-0.05, 0) is 36.0 Å². The highest BCUT2D eigenvalue weighted by molar-refractivity contribution is 7.98. The standard InChI is InChI=1S/C23H26N2OS/c1-16-9-8-14-21(17(16)2)25-22(26)19-12-6-7-13-20(19)24-23(25)27-15-18-10-4-3-5-11-18/h3-7,10-13,16-17,21H,8-9,14-15H2,1-2H3/t16-,17-,21-/m1/s1. The molecule has 1 fully saturated rings. The first-order valence-electron chi connectivity index (χ1n) is 9.83. The molecule has 3 aromatic rings. The molecular formula is C23H26N2OS. The second-order valence-electron chi connectivity index (χ2n) is 7.70. The molecule has 3 nitrogen and oxygen atoms in total. The SMILES string of the molecule is C[C@@H]1[C@H](C)CCC[C@H]1n1c(SCc2ccccc2)nc2ccccc2c1=O. The third kappa shape index (κ3) is 3.68. The summed E-state index contributed by atoms with van der Waals surface area (Å²) in [6.45, 7) is 4.61. The summed E-state index contributed by atoms with van der Waals surface area (Å²) in [5.74, 6) is 1.94. The van der Waals surface area contributed by atoms with Gasteiger partial charge in [0, 0.05) is 11.8 Å². The van der Waals surface area contributed by atoms with E-state index in [0.717, 1.165) is 28.2 Å². The number of hydrogen-bond acceptors (Lipinski definition) is 3. The molecule has 0 unspecified atom stereocenters. The van der Waals surface area contributed by atoms with E-state index in [-0.39, 0.29) is 11.6 Å². The Morgan fingerprint density at radius 3 is 2.59 bits per heavy atom. The lowest BCUT2D eigenvalue weighted by atomic mass is 9.78. The summed E-state index contributed by atoms with van der Waals surface area (Å²) in [7, 11) is 0. The summed E-state index contributed by atoms with van der Waals surface area (Å²) < 4.78 is 2.01. The first-order chi connectivity index (χ1) is 13.1. The second kappa shape index (κ2) is 7.89. The van der Waals surface area contributed by atoms with Crippen LogP contribution in [0, 0.1) is 11.8 Å². The lowest BCUT2D eigenvalue weighted by Crippen LogP contribution is -2.35. The molecule has 4 rings (SSSR count). The third-order valence-corrected chi connectivity index (χ3v) is 7.01. The lowest BCUT2D eigenvalue weighted by molar-refractivity contribution is 0.173. The molecule has 0 spiro atoms. The Kier molecular flexibility index (Phi) is 5.35. The van der Waals surface area contributed by atoms with Gasteiger partial charge in [0.1, 0.15) is 0 Å². The van der Waals surface area contributed by atoms with Crippen molar-refractivity contribution in [2.45, 2.75) is 50.1 Å². The van der Waals surface area contributed by atoms with Gasteiger partial charge in [0.25, 0.3) is 5.56 Å². The van der Waals surface area contributed by atoms with Crippen LogP contribution in [0.25, 0.3) is 10.9 Å². The van der Waals surface area contributed by atoms with Gasteiger partial charge in [-0.1, -0.05) is 80.9 Å². The van der Waals surface area contributed by atoms with E-state index in [9.17, 15) is 4.79 Å². The molecule has 0 N–H and O–H groups in total. The summed E-state index contributed by atoms with van der Waals surface area (Å²) in [6.07, 6.45) is 3.49. The van der Waals surface area contributed by atoms with Crippen LogP contribution in [0.15, 0.2) is 64.5 Å². The molecule has 1 saturated carbocycles. The molecule has 2 aromatic carbocycles. The Bertz CT molecular complexity index is 983. The van der Waals surface area contributed by atoms with E-state index >= 15 is 0 Å². The summed E-state index contributed by atoms with van der Waals surface area (Å²) in [6, 6.07) is 18.4. The van der Waals surface area contributed by atoms with Gasteiger partial charge in [0.15, 0.2) is 5.16 Å². The number of para-hydroxylation sites is 1. The van der Waals surface area contributed by atoms with Crippen molar-refractivity contribution < 1.29 is 0 Å². The Hall–Kier alpha value is -2.07. The highest BCUT2D eigenvalue weighted by Gasteiger charge is 2.31. The van der Waals surface area contributed by atoms with Crippen LogP contribution in [0.3, 0.4) is 0 Å². The zero-order valence-corrected chi connectivity index (χ0v) is 16.8. The molecule has 140 valence electrons. The minimum Gasteiger partial charge on any atom is -0.284 e. The minimum atomic E-state index is 0.113. The number of thioether (sulfide) groups is 1. The summed E-state index contributed by atoms with van der Waals surface area (Å²) >= 11 is 1.68. The summed E-state index contributed by atoms with van der Waals surface area (Å²) in [4.78, 5) is 18.3. The third-order valence-electron chi connectivity index (χ3n) is 5.98. The predicted octanol–water partition coefficient (Wildman–Crippen LogP) is 5.69. The fraction of sp³-hybridized carbons (Fsp3) is 0.391. The van der Waals surface area contributed by atoms with E-state index in [1.54, 1.807) is 11.8 Å². The quantitative estimate of drug-likeness (QED) is 0.432. The van der Waals surface area contributed by atoms with Crippen LogP contribution in [0.1, 0.15) is 44.7 Å². The molecule has 3 atom stereocenters. The average molecular weight is 379 g/mol. The number of aromatic nitrogens is 2. The Morgan fingerprint density at radius 1 is 1.04 bits per heavy atom. The maximum Gasteiger partial charge on any atom is 0.262 e. The summed E-state index contributed by atoms with van der Waals surface area (Å²) in [5, 5.41) is 1.58. The van der Waals surface area contributed by atoms with Gasteiger partial charge in [0.2, 0.25) is 0 Å². The highest BCUT2D eigenvalue weighted by Crippen LogP contribution is 2.39. The molecule has 1 heterocycles. The van der Waals surface area contributed by atoms with Crippen molar-refractivity contribution in [1.29, 1.82) is 0 Å². The Labute approximate surface area is 164 Å². The van der Waals surface area contributed by atoms with Gasteiger partial charge >= 0.3 is 0 Å². The monoisotopic (exact) mass is 378 g/mol. The van der Waals surface area contributed by atoms with Crippen LogP contribution < -0.4 is 5.56 Å². The van der Waals surface area contributed by atoms with Crippen molar-refractivity contribution in [3.63, 3.8) is 0 Å². The Balaban J connectivity index is 1.79. The van der Waals surface area contributed by atoms with Crippen molar-refractivity contribution in [1.82, 2.24) is 9.55 Å². The predicted molar refractivity (Wildman–Crippen MR) is 113 cm³/mol. The van der Waals surface area contributed by atoms with Crippen LogP contribution >= 0.6 is 11.8 Å². The van der Waals surface area contributed by atoms with Gasteiger partial charge in [0.05, 0.1) is 10.9 Å². The van der Waals surface area contributed by atoms with Crippen LogP contribution in [-0.4, -0.2) is 9.55 Å². The molecule has 4 heteroatoms. The first-order valence-corrected chi connectivity index (χ1v) is 10.8. The number of fused-ring (bicyclic) bond motifs is 1. The molecule has 0 aliphatic heterocycles. The van der Waals surface area contributed by atoms with Crippen molar-refractivity contribution in [3.05, 3.63) is 70.5 Å². The maximum absolute atomic E-state index is 13.4. The molecular weight excluding hydrogens is 352 g/mol. The van der Waals surface area contributed by atoms with Gasteiger partial charge in [-0.25, -0.2) is 4.98 Å². The van der Waals surface area contributed by atoms with Crippen molar-refractivity contribution in [2.75, 3.05) is 0 Å². The first kappa shape index (κ1) is 18.3. The fourth-order valence-corrected chi connectivity index (χ4v) is 5.17. The molecule has 0 saturated heterocycles. The summed E-state index contributed by atoms with van der Waals surface area (Å²) in [5.41, 5.74) is 2.16. The van der Waals surface area contributed by atoms with Crippen LogP contribution in [-0.2, 0) is 5.75 Å². The zero-order valence-electron chi connectivity index (χ0n) is 16.0. The van der Waals surface area contributed by atoms with E-state index in [4.69, 9.17) is 4.98 Å². The smallest absolute Gasteiger partial charge is 0.262 e. The van der Waals surface area contributed by atoms with Crippen LogP contribution in [0.2, 0.25) is 0 Å². The number of nitrogens with zero attached hydrogens (tertiary/aromatic N) is 2. The number of benzene rings is 2. The van der Waals surface area contributed by atoms with Crippen molar-refractivity contribution in [2.24, 2.45) is 11.8 Å². The zero-order chi connectivity index (χ0) is 18.8. The molecule has 1 aliphatic carbocycles. The average Bonchev–Trinajstić information content (AvgIpc) is 2.70. The largest absolute Gasteiger partial charge is 0.284 e. The van der Waals surface area contributed by atoms with Gasteiger partial charge in [-0.2, -0.15) is 0 Å². The van der Waals surface area contributed by atoms with Gasteiger partial charge in [-0.15, -0.1) is 0 Å². The molecule has 0 radical (unpaired) electrons. The molecule has 1 aliphatic rings. The van der Waals surface area contributed by atoms with Crippen molar-refractivity contribution >= 4 is 22.7 Å². The molecule has 0 amide bonds. The van der Waals surface area contributed by atoms with Crippen molar-refractivity contribution in [3.8, 4) is 0 Å². The molecule has 0 bridgehead atoms. The molecule has 1 aromatic heterocycles. The number of hydrogen-bond donors (Lipinski definition) is 0. The van der Waals surface area contributed by atoms with E-state index in [1.165, 1.54) is 18.4 Å². The van der Waals surface area contributed by atoms with E-state index in [1.807, 2.05) is 34.9 Å². The van der Waals surface area contributed by atoms with E-state index in [2.05, 4.69) is 38.1 Å². The minimum absolute atomic E-state index is 0.113. The lowest BCUT2D eigenvalue weighted by Gasteiger charge is -2.36. The van der Waals surface area contributed by atoms with Gasteiger partial charge < -0.3 is 0 Å². The topological polar surface area (TPSA) is 34.9 Å². The maximum atomic E-state index is 13.4. The highest BCUT2D eigenvalue weighted by atomic mass is 32.2. The van der Waals surface area contributed by atoms with Crippen LogP contribution in [0.4, 0.5) is 0 Å².